The number of nitrogens with zero attached hydrogens (tertiary/aromatic N) is 2. The van der Waals surface area contributed by atoms with Crippen molar-refractivity contribution in [1.29, 1.82) is 0 Å². The van der Waals surface area contributed by atoms with Gasteiger partial charge in [0.1, 0.15) is 5.76 Å². The van der Waals surface area contributed by atoms with Crippen LogP contribution in [0.1, 0.15) is 55.1 Å². The first-order chi connectivity index (χ1) is 11.6. The van der Waals surface area contributed by atoms with Gasteiger partial charge in [0.2, 0.25) is 5.91 Å². The zero-order valence-electron chi connectivity index (χ0n) is 14.3. The summed E-state index contributed by atoms with van der Waals surface area (Å²) in [6.07, 6.45) is 4.46. The van der Waals surface area contributed by atoms with Gasteiger partial charge in [-0.15, -0.1) is 11.3 Å². The molecule has 3 rings (SSSR count). The highest BCUT2D eigenvalue weighted by atomic mass is 32.1. The molecule has 0 saturated carbocycles. The van der Waals surface area contributed by atoms with Gasteiger partial charge < -0.3 is 9.73 Å². The van der Waals surface area contributed by atoms with Gasteiger partial charge in [0.15, 0.2) is 0 Å². The molecule has 1 saturated heterocycles. The van der Waals surface area contributed by atoms with E-state index < -0.39 is 0 Å². The Morgan fingerprint density at radius 1 is 1.42 bits per heavy atom. The van der Waals surface area contributed by atoms with Crippen molar-refractivity contribution in [2.24, 2.45) is 0 Å². The molecular weight excluding hydrogens is 322 g/mol. The Hall–Kier alpha value is -1.66. The second-order valence-electron chi connectivity index (χ2n) is 6.59. The molecule has 1 fully saturated rings. The second-order valence-corrected chi connectivity index (χ2v) is 7.48. The molecule has 1 amide bonds. The average molecular weight is 347 g/mol. The van der Waals surface area contributed by atoms with Crippen molar-refractivity contribution in [3.63, 3.8) is 0 Å². The summed E-state index contributed by atoms with van der Waals surface area (Å²) >= 11 is 1.63. The molecule has 0 spiro atoms. The van der Waals surface area contributed by atoms with Crippen LogP contribution in [0.2, 0.25) is 0 Å². The predicted octanol–water partition coefficient (Wildman–Crippen LogP) is 3.36. The zero-order chi connectivity index (χ0) is 16.9. The highest BCUT2D eigenvalue weighted by Crippen LogP contribution is 2.25. The number of carbonyl (C=O) groups is 1. The molecule has 1 atom stereocenters. The van der Waals surface area contributed by atoms with Crippen LogP contribution in [0.15, 0.2) is 28.2 Å². The summed E-state index contributed by atoms with van der Waals surface area (Å²) in [5.74, 6) is 1.35. The SMILES string of the molecule is CC(C)c1nc(CC(=O)NC[C@@H](c2ccco2)N2CCCC2)cs1. The number of hydrogen-bond donors (Lipinski definition) is 1. The fourth-order valence-electron chi connectivity index (χ4n) is 3.05. The van der Waals surface area contributed by atoms with Crippen LogP contribution in [0.4, 0.5) is 0 Å². The molecule has 5 nitrogen and oxygen atoms in total. The second kappa shape index (κ2) is 7.94. The van der Waals surface area contributed by atoms with E-state index in [0.717, 1.165) is 29.6 Å². The quantitative estimate of drug-likeness (QED) is 0.834. The van der Waals surface area contributed by atoms with Crippen LogP contribution < -0.4 is 5.32 Å². The Morgan fingerprint density at radius 2 is 2.21 bits per heavy atom. The van der Waals surface area contributed by atoms with E-state index in [1.807, 2.05) is 17.5 Å². The molecule has 2 aromatic heterocycles. The number of aromatic nitrogens is 1. The monoisotopic (exact) mass is 347 g/mol. The number of likely N-dealkylation sites (tertiary alicyclic amines) is 1. The summed E-state index contributed by atoms with van der Waals surface area (Å²) in [6, 6.07) is 4.01. The minimum atomic E-state index is 0.0198. The molecule has 24 heavy (non-hydrogen) atoms. The van der Waals surface area contributed by atoms with Gasteiger partial charge in [-0.1, -0.05) is 13.8 Å². The average Bonchev–Trinajstić information content (AvgIpc) is 3.30. The largest absolute Gasteiger partial charge is 0.468 e. The minimum Gasteiger partial charge on any atom is -0.468 e. The van der Waals surface area contributed by atoms with E-state index in [9.17, 15) is 4.79 Å². The summed E-state index contributed by atoms with van der Waals surface area (Å²) in [6.45, 7) is 6.93. The van der Waals surface area contributed by atoms with E-state index >= 15 is 0 Å². The first-order valence-electron chi connectivity index (χ1n) is 8.62. The maximum atomic E-state index is 12.3. The first kappa shape index (κ1) is 17.2. The van der Waals surface area contributed by atoms with E-state index in [0.29, 0.717) is 18.9 Å². The van der Waals surface area contributed by atoms with Crippen LogP contribution in [-0.2, 0) is 11.2 Å². The van der Waals surface area contributed by atoms with Gasteiger partial charge in [-0.2, -0.15) is 0 Å². The third-order valence-corrected chi connectivity index (χ3v) is 5.54. The maximum Gasteiger partial charge on any atom is 0.226 e. The van der Waals surface area contributed by atoms with Crippen LogP contribution >= 0.6 is 11.3 Å². The summed E-state index contributed by atoms with van der Waals surface area (Å²) in [7, 11) is 0. The van der Waals surface area contributed by atoms with Gasteiger partial charge in [0, 0.05) is 17.8 Å². The Balaban J connectivity index is 1.56. The van der Waals surface area contributed by atoms with Crippen LogP contribution in [0.3, 0.4) is 0 Å². The van der Waals surface area contributed by atoms with Crippen LogP contribution in [0.5, 0.6) is 0 Å². The summed E-state index contributed by atoms with van der Waals surface area (Å²) in [5, 5.41) is 6.13. The molecule has 0 aromatic carbocycles. The number of hydrogen-bond acceptors (Lipinski definition) is 5. The van der Waals surface area contributed by atoms with Crippen LogP contribution in [0.25, 0.3) is 0 Å². The van der Waals surface area contributed by atoms with Gasteiger partial charge in [0.05, 0.1) is 29.4 Å². The zero-order valence-corrected chi connectivity index (χ0v) is 15.1. The molecule has 1 aliphatic heterocycles. The Kier molecular flexibility index (Phi) is 5.68. The van der Waals surface area contributed by atoms with Crippen molar-refractivity contribution in [2.75, 3.05) is 19.6 Å². The Morgan fingerprint density at radius 3 is 2.83 bits per heavy atom. The normalized spacial score (nSPS) is 16.6. The third kappa shape index (κ3) is 4.24. The fraction of sp³-hybridized carbons (Fsp3) is 0.556. The minimum absolute atomic E-state index is 0.0198. The maximum absolute atomic E-state index is 12.3. The van der Waals surface area contributed by atoms with Crippen molar-refractivity contribution in [3.05, 3.63) is 40.2 Å². The molecule has 3 heterocycles. The molecule has 6 heteroatoms. The molecule has 130 valence electrons. The molecule has 2 aromatic rings. The number of furan rings is 1. The lowest BCUT2D eigenvalue weighted by atomic mass is 10.2. The lowest BCUT2D eigenvalue weighted by molar-refractivity contribution is -0.120. The van der Waals surface area contributed by atoms with Gasteiger partial charge in [-0.05, 0) is 38.1 Å². The molecule has 1 N–H and O–H groups in total. The van der Waals surface area contributed by atoms with Gasteiger partial charge in [0.25, 0.3) is 0 Å². The summed E-state index contributed by atoms with van der Waals surface area (Å²) in [4.78, 5) is 19.2. The molecule has 0 unspecified atom stereocenters. The standard InChI is InChI=1S/C18H25N3O2S/c1-13(2)18-20-14(12-24-18)10-17(22)19-11-15(16-6-5-9-23-16)21-7-3-4-8-21/h5-6,9,12-13,15H,3-4,7-8,10-11H2,1-2H3,(H,19,22)/t15-/m0/s1. The highest BCUT2D eigenvalue weighted by molar-refractivity contribution is 7.09. The predicted molar refractivity (Wildman–Crippen MR) is 95.2 cm³/mol. The van der Waals surface area contributed by atoms with Crippen molar-refractivity contribution in [1.82, 2.24) is 15.2 Å². The molecule has 0 bridgehead atoms. The Bertz CT molecular complexity index is 645. The number of nitrogens with one attached hydrogen (secondary N) is 1. The van der Waals surface area contributed by atoms with Crippen LogP contribution in [0, 0.1) is 0 Å². The molecule has 0 aliphatic carbocycles. The molecule has 1 aliphatic rings. The van der Waals surface area contributed by atoms with Gasteiger partial charge in [-0.25, -0.2) is 4.98 Å². The van der Waals surface area contributed by atoms with Crippen molar-refractivity contribution in [2.45, 2.75) is 45.1 Å². The number of carbonyl (C=O) groups excluding carboxylic acids is 1. The van der Waals surface area contributed by atoms with Crippen LogP contribution in [-0.4, -0.2) is 35.4 Å². The summed E-state index contributed by atoms with van der Waals surface area (Å²) in [5.41, 5.74) is 0.858. The summed E-state index contributed by atoms with van der Waals surface area (Å²) < 4.78 is 5.58. The van der Waals surface area contributed by atoms with E-state index in [1.165, 1.54) is 12.8 Å². The van der Waals surface area contributed by atoms with Gasteiger partial charge >= 0.3 is 0 Å². The number of rotatable bonds is 7. The fourth-order valence-corrected chi connectivity index (χ4v) is 3.89. The van der Waals surface area contributed by atoms with E-state index in [4.69, 9.17) is 4.42 Å². The van der Waals surface area contributed by atoms with E-state index in [1.54, 1.807) is 17.6 Å². The lowest BCUT2D eigenvalue weighted by Crippen LogP contribution is -2.37. The van der Waals surface area contributed by atoms with E-state index in [2.05, 4.69) is 29.0 Å². The molecule has 0 radical (unpaired) electrons. The molecular formula is C18H25N3O2S. The van der Waals surface area contributed by atoms with Crippen molar-refractivity contribution >= 4 is 17.2 Å². The topological polar surface area (TPSA) is 58.4 Å². The first-order valence-corrected chi connectivity index (χ1v) is 9.50. The number of amides is 1. The number of thiazole rings is 1. The lowest BCUT2D eigenvalue weighted by Gasteiger charge is -2.25. The van der Waals surface area contributed by atoms with Crippen molar-refractivity contribution in [3.8, 4) is 0 Å². The van der Waals surface area contributed by atoms with E-state index in [-0.39, 0.29) is 11.9 Å². The Labute approximate surface area is 147 Å². The smallest absolute Gasteiger partial charge is 0.226 e. The van der Waals surface area contributed by atoms with Gasteiger partial charge in [-0.3, -0.25) is 9.69 Å². The van der Waals surface area contributed by atoms with Crippen molar-refractivity contribution < 1.29 is 9.21 Å². The highest BCUT2D eigenvalue weighted by Gasteiger charge is 2.26. The third-order valence-electron chi connectivity index (χ3n) is 4.35.